The molecule has 0 aliphatic carbocycles. The van der Waals surface area contributed by atoms with Gasteiger partial charge in [0.25, 0.3) is 0 Å². The highest BCUT2D eigenvalue weighted by atomic mass is 19.1. The van der Waals surface area contributed by atoms with Crippen molar-refractivity contribution in [2.24, 2.45) is 0 Å². The van der Waals surface area contributed by atoms with Gasteiger partial charge in [-0.15, -0.1) is 0 Å². The van der Waals surface area contributed by atoms with Crippen LogP contribution in [-0.2, 0) is 0 Å². The number of rotatable bonds is 7. The quantitative estimate of drug-likeness (QED) is 0.670. The van der Waals surface area contributed by atoms with Crippen LogP contribution in [0.4, 0.5) is 10.3 Å². The molecule has 0 spiro atoms. The van der Waals surface area contributed by atoms with E-state index in [-0.39, 0.29) is 11.9 Å². The maximum absolute atomic E-state index is 14.3. The molecule has 25 heavy (non-hydrogen) atoms. The van der Waals surface area contributed by atoms with Crippen molar-refractivity contribution >= 4 is 12.2 Å². The van der Waals surface area contributed by atoms with Crippen LogP contribution in [0.5, 0.6) is 5.75 Å². The number of ether oxygens (including phenoxy) is 1. The Morgan fingerprint density at radius 1 is 1.36 bits per heavy atom. The van der Waals surface area contributed by atoms with Crippen molar-refractivity contribution in [3.8, 4) is 17.0 Å². The first-order chi connectivity index (χ1) is 11.9. The van der Waals surface area contributed by atoms with Gasteiger partial charge in [0, 0.05) is 31.2 Å². The Morgan fingerprint density at radius 2 is 2.12 bits per heavy atom. The molecule has 0 atom stereocenters. The number of halogens is 1. The summed E-state index contributed by atoms with van der Waals surface area (Å²) in [7, 11) is 1.73. The van der Waals surface area contributed by atoms with Crippen molar-refractivity contribution in [1.29, 1.82) is 5.41 Å². The second-order valence-electron chi connectivity index (χ2n) is 5.69. The maximum atomic E-state index is 14.3. The highest BCUT2D eigenvalue weighted by Crippen LogP contribution is 2.27. The topological polar surface area (TPSA) is 82.9 Å². The van der Waals surface area contributed by atoms with Crippen LogP contribution in [0.3, 0.4) is 0 Å². The molecule has 1 aromatic carbocycles. The number of allylic oxidation sites excluding steroid dienone is 1. The van der Waals surface area contributed by atoms with Gasteiger partial charge >= 0.3 is 0 Å². The molecule has 0 amide bonds. The van der Waals surface area contributed by atoms with Crippen LogP contribution in [0.2, 0.25) is 0 Å². The Hall–Kier alpha value is -2.96. The van der Waals surface area contributed by atoms with E-state index in [0.717, 1.165) is 11.8 Å². The highest BCUT2D eigenvalue weighted by Gasteiger charge is 2.12. The lowest BCUT2D eigenvalue weighted by Gasteiger charge is -2.13. The van der Waals surface area contributed by atoms with E-state index < -0.39 is 5.82 Å². The molecule has 0 unspecified atom stereocenters. The van der Waals surface area contributed by atoms with Crippen LogP contribution >= 0.6 is 0 Å². The predicted octanol–water partition coefficient (Wildman–Crippen LogP) is 3.50. The summed E-state index contributed by atoms with van der Waals surface area (Å²) in [6.07, 6.45) is 4.32. The molecule has 2 rings (SSSR count). The van der Waals surface area contributed by atoms with E-state index in [0.29, 0.717) is 22.9 Å². The van der Waals surface area contributed by atoms with Crippen molar-refractivity contribution in [3.63, 3.8) is 0 Å². The molecule has 1 heterocycles. The summed E-state index contributed by atoms with van der Waals surface area (Å²) >= 11 is 0. The minimum absolute atomic E-state index is 0.101. The normalized spacial score (nSPS) is 11.4. The molecule has 0 saturated carbocycles. The lowest BCUT2D eigenvalue weighted by Crippen LogP contribution is -2.09. The molecule has 7 heteroatoms. The number of hydrogen-bond donors (Lipinski definition) is 3. The van der Waals surface area contributed by atoms with E-state index >= 15 is 0 Å². The van der Waals surface area contributed by atoms with Gasteiger partial charge in [-0.05, 0) is 44.5 Å². The minimum Gasteiger partial charge on any atom is -0.488 e. The molecular weight excluding hydrogens is 321 g/mol. The van der Waals surface area contributed by atoms with Gasteiger partial charge in [0.15, 0.2) is 11.6 Å². The zero-order chi connectivity index (χ0) is 18.4. The molecule has 0 aliphatic heterocycles. The van der Waals surface area contributed by atoms with Gasteiger partial charge < -0.3 is 20.8 Å². The Morgan fingerprint density at radius 3 is 2.72 bits per heavy atom. The number of nitrogens with zero attached hydrogens (tertiary/aromatic N) is 2. The van der Waals surface area contributed by atoms with Crippen LogP contribution in [0, 0.1) is 18.2 Å². The summed E-state index contributed by atoms with van der Waals surface area (Å²) in [6.45, 7) is 5.55. The molecule has 0 saturated heterocycles. The SMILES string of the molecule is CN/C=C(\C=N)Nc1ncc(C)c(-c2ccc(OC(C)C)c(F)c2)n1. The molecule has 3 N–H and O–H groups in total. The molecule has 0 fully saturated rings. The number of nitrogens with one attached hydrogen (secondary N) is 3. The van der Waals surface area contributed by atoms with E-state index in [4.69, 9.17) is 10.1 Å². The predicted molar refractivity (Wildman–Crippen MR) is 97.5 cm³/mol. The second-order valence-corrected chi connectivity index (χ2v) is 5.69. The summed E-state index contributed by atoms with van der Waals surface area (Å²) < 4.78 is 19.7. The fourth-order valence-corrected chi connectivity index (χ4v) is 2.19. The third-order valence-electron chi connectivity index (χ3n) is 3.25. The van der Waals surface area contributed by atoms with Crippen LogP contribution in [-0.4, -0.2) is 29.3 Å². The smallest absolute Gasteiger partial charge is 0.227 e. The van der Waals surface area contributed by atoms with Gasteiger partial charge in [0.1, 0.15) is 0 Å². The molecule has 0 radical (unpaired) electrons. The first kappa shape index (κ1) is 18.4. The average Bonchev–Trinajstić information content (AvgIpc) is 2.57. The van der Waals surface area contributed by atoms with Gasteiger partial charge in [-0.25, -0.2) is 14.4 Å². The summed E-state index contributed by atoms with van der Waals surface area (Å²) in [5.74, 6) is 0.106. The number of aromatic nitrogens is 2. The fourth-order valence-electron chi connectivity index (χ4n) is 2.19. The van der Waals surface area contributed by atoms with E-state index in [1.54, 1.807) is 31.6 Å². The zero-order valence-corrected chi connectivity index (χ0v) is 14.7. The molecule has 132 valence electrons. The van der Waals surface area contributed by atoms with Gasteiger partial charge in [-0.1, -0.05) is 0 Å². The molecule has 1 aromatic heterocycles. The van der Waals surface area contributed by atoms with Crippen molar-refractivity contribution < 1.29 is 9.13 Å². The summed E-state index contributed by atoms with van der Waals surface area (Å²) in [5.41, 5.74) is 2.56. The zero-order valence-electron chi connectivity index (χ0n) is 14.7. The fraction of sp³-hybridized carbons (Fsp3) is 0.278. The van der Waals surface area contributed by atoms with Crippen molar-refractivity contribution in [3.05, 3.63) is 47.7 Å². The van der Waals surface area contributed by atoms with Gasteiger partial charge in [-0.2, -0.15) is 0 Å². The molecule has 6 nitrogen and oxygen atoms in total. The van der Waals surface area contributed by atoms with Crippen LogP contribution in [0.25, 0.3) is 11.3 Å². The Kier molecular flexibility index (Phi) is 6.05. The van der Waals surface area contributed by atoms with Gasteiger partial charge in [-0.3, -0.25) is 0 Å². The lowest BCUT2D eigenvalue weighted by molar-refractivity contribution is 0.231. The monoisotopic (exact) mass is 343 g/mol. The number of aryl methyl sites for hydroxylation is 1. The third-order valence-corrected chi connectivity index (χ3v) is 3.25. The van der Waals surface area contributed by atoms with Crippen LogP contribution in [0.15, 0.2) is 36.3 Å². The van der Waals surface area contributed by atoms with Gasteiger partial charge in [0.05, 0.1) is 17.5 Å². The molecular formula is C18H22FN5O. The Bertz CT molecular complexity index is 789. The first-order valence-corrected chi connectivity index (χ1v) is 7.89. The number of anilines is 1. The average molecular weight is 343 g/mol. The third kappa shape index (κ3) is 4.76. The first-order valence-electron chi connectivity index (χ1n) is 7.89. The molecule has 0 bridgehead atoms. The second kappa shape index (κ2) is 8.23. The molecule has 0 aliphatic rings. The largest absolute Gasteiger partial charge is 0.488 e. The Labute approximate surface area is 146 Å². The number of benzene rings is 1. The maximum Gasteiger partial charge on any atom is 0.227 e. The highest BCUT2D eigenvalue weighted by molar-refractivity contribution is 5.79. The van der Waals surface area contributed by atoms with E-state index in [1.807, 2.05) is 20.8 Å². The summed E-state index contributed by atoms with van der Waals surface area (Å²) in [4.78, 5) is 8.64. The van der Waals surface area contributed by atoms with Crippen LogP contribution < -0.4 is 15.4 Å². The van der Waals surface area contributed by atoms with E-state index in [9.17, 15) is 4.39 Å². The minimum atomic E-state index is -0.436. The van der Waals surface area contributed by atoms with Crippen molar-refractivity contribution in [2.75, 3.05) is 12.4 Å². The van der Waals surface area contributed by atoms with E-state index in [1.165, 1.54) is 6.07 Å². The lowest BCUT2D eigenvalue weighted by atomic mass is 10.1. The van der Waals surface area contributed by atoms with Gasteiger partial charge in [0.2, 0.25) is 5.95 Å². The van der Waals surface area contributed by atoms with Crippen molar-refractivity contribution in [1.82, 2.24) is 15.3 Å². The van der Waals surface area contributed by atoms with E-state index in [2.05, 4.69) is 20.6 Å². The standard InChI is InChI=1S/C18H22FN5O/c1-11(2)25-16-6-5-13(7-15(16)19)17-12(3)9-22-18(24-17)23-14(8-20)10-21-4/h5-11,20-21H,1-4H3,(H,22,23,24)/b14-10+,20-8?. The van der Waals surface area contributed by atoms with Crippen LogP contribution in [0.1, 0.15) is 19.4 Å². The molecule has 2 aromatic rings. The Balaban J connectivity index is 2.35. The summed E-state index contributed by atoms with van der Waals surface area (Å²) in [5, 5.41) is 13.1. The number of hydrogen-bond acceptors (Lipinski definition) is 6. The summed E-state index contributed by atoms with van der Waals surface area (Å²) in [6, 6.07) is 4.77. The van der Waals surface area contributed by atoms with Crippen molar-refractivity contribution in [2.45, 2.75) is 26.9 Å².